The topological polar surface area (TPSA) is 62.4 Å². The third-order valence-corrected chi connectivity index (χ3v) is 5.41. The van der Waals surface area contributed by atoms with Crippen LogP contribution in [0.5, 0.6) is 0 Å². The van der Waals surface area contributed by atoms with Crippen LogP contribution in [0.15, 0.2) is 41.4 Å². The number of thiophene rings is 1. The normalized spacial score (nSPS) is 18.0. The number of benzene rings is 1. The molecule has 4 rings (SSSR count). The first-order chi connectivity index (χ1) is 11.8. The molecular formula is C19H14N2O2S. The van der Waals surface area contributed by atoms with Crippen molar-refractivity contribution in [1.29, 1.82) is 5.26 Å². The number of esters is 1. The molecule has 2 aliphatic rings. The van der Waals surface area contributed by atoms with Gasteiger partial charge in [0.25, 0.3) is 0 Å². The van der Waals surface area contributed by atoms with Crippen LogP contribution in [0.1, 0.15) is 34.4 Å². The van der Waals surface area contributed by atoms with Gasteiger partial charge in [0.2, 0.25) is 0 Å². The number of carbonyl (C=O) groups is 1. The van der Waals surface area contributed by atoms with Crippen molar-refractivity contribution in [2.75, 3.05) is 0 Å². The summed E-state index contributed by atoms with van der Waals surface area (Å²) in [5.74, 6) is 0.0308. The lowest BCUT2D eigenvalue weighted by atomic mass is 9.96. The van der Waals surface area contributed by atoms with E-state index in [2.05, 4.69) is 11.1 Å². The molecule has 0 unspecified atom stereocenters. The number of hydrogen-bond donors (Lipinski definition) is 0. The average molecular weight is 334 g/mol. The Morgan fingerprint density at radius 1 is 1.17 bits per heavy atom. The summed E-state index contributed by atoms with van der Waals surface area (Å²) < 4.78 is 5.32. The summed E-state index contributed by atoms with van der Waals surface area (Å²) in [5.41, 5.74) is 2.83. The molecule has 0 amide bonds. The van der Waals surface area contributed by atoms with Gasteiger partial charge in [-0.05, 0) is 31.2 Å². The Morgan fingerprint density at radius 3 is 2.75 bits per heavy atom. The Kier molecular flexibility index (Phi) is 3.75. The van der Waals surface area contributed by atoms with Crippen molar-refractivity contribution in [3.05, 3.63) is 58.0 Å². The smallest absolute Gasteiger partial charge is 0.362 e. The van der Waals surface area contributed by atoms with E-state index in [9.17, 15) is 10.1 Å². The van der Waals surface area contributed by atoms with Crippen LogP contribution in [0.3, 0.4) is 0 Å². The van der Waals surface area contributed by atoms with E-state index in [4.69, 9.17) is 4.74 Å². The first-order valence-electron chi connectivity index (χ1n) is 7.89. The highest BCUT2D eigenvalue weighted by Gasteiger charge is 2.26. The zero-order chi connectivity index (χ0) is 16.5. The van der Waals surface area contributed by atoms with Crippen LogP contribution in [0.25, 0.3) is 5.76 Å². The van der Waals surface area contributed by atoms with Crippen LogP contribution >= 0.6 is 11.3 Å². The van der Waals surface area contributed by atoms with Gasteiger partial charge in [0.15, 0.2) is 5.71 Å². The predicted molar refractivity (Wildman–Crippen MR) is 93.3 cm³/mol. The zero-order valence-corrected chi connectivity index (χ0v) is 13.7. The van der Waals surface area contributed by atoms with Crippen LogP contribution in [-0.2, 0) is 22.4 Å². The van der Waals surface area contributed by atoms with Gasteiger partial charge in [-0.15, -0.1) is 11.3 Å². The highest BCUT2D eigenvalue weighted by molar-refractivity contribution is 7.16. The molecule has 118 valence electrons. The number of hydrogen-bond acceptors (Lipinski definition) is 5. The fourth-order valence-electron chi connectivity index (χ4n) is 3.04. The molecule has 0 spiro atoms. The van der Waals surface area contributed by atoms with Crippen molar-refractivity contribution in [3.8, 4) is 6.07 Å². The summed E-state index contributed by atoms with van der Waals surface area (Å²) >= 11 is 1.53. The van der Waals surface area contributed by atoms with Crippen LogP contribution < -0.4 is 0 Å². The monoisotopic (exact) mass is 334 g/mol. The third-order valence-electron chi connectivity index (χ3n) is 4.22. The molecule has 2 heterocycles. The molecule has 24 heavy (non-hydrogen) atoms. The maximum atomic E-state index is 12.1. The molecular weight excluding hydrogens is 320 g/mol. The molecule has 0 atom stereocenters. The molecule has 1 aromatic carbocycles. The molecule has 0 saturated carbocycles. The number of fused-ring (bicyclic) bond motifs is 1. The number of nitrogens with zero attached hydrogens (tertiary/aromatic N) is 2. The third kappa shape index (κ3) is 2.55. The van der Waals surface area contributed by atoms with Gasteiger partial charge < -0.3 is 4.74 Å². The molecule has 0 saturated heterocycles. The van der Waals surface area contributed by atoms with Crippen molar-refractivity contribution in [2.45, 2.75) is 25.7 Å². The Labute approximate surface area is 143 Å². The van der Waals surface area contributed by atoms with E-state index >= 15 is 0 Å². The first kappa shape index (κ1) is 14.9. The minimum absolute atomic E-state index is 0.254. The summed E-state index contributed by atoms with van der Waals surface area (Å²) in [6, 6.07) is 11.7. The number of aliphatic imine (C=N–C) groups is 1. The van der Waals surface area contributed by atoms with Crippen LogP contribution in [0.2, 0.25) is 0 Å². The molecule has 0 N–H and O–H groups in total. The fraction of sp³-hybridized carbons (Fsp3) is 0.211. The van der Waals surface area contributed by atoms with Gasteiger partial charge in [-0.2, -0.15) is 5.26 Å². The zero-order valence-electron chi connectivity index (χ0n) is 12.9. The van der Waals surface area contributed by atoms with E-state index < -0.39 is 5.97 Å². The number of carbonyl (C=O) groups excluding carboxylic acids is 1. The van der Waals surface area contributed by atoms with Gasteiger partial charge >= 0.3 is 5.97 Å². The van der Waals surface area contributed by atoms with E-state index in [0.717, 1.165) is 36.8 Å². The molecule has 4 nitrogen and oxygen atoms in total. The lowest BCUT2D eigenvalue weighted by molar-refractivity contribution is -0.128. The van der Waals surface area contributed by atoms with Crippen molar-refractivity contribution >= 4 is 33.8 Å². The Hall–Kier alpha value is -2.71. The maximum Gasteiger partial charge on any atom is 0.362 e. The number of cyclic esters (lactones) is 1. The SMILES string of the molecule is N#Cc1c(N=C2C=C(c3ccccc3)OC2=O)sc2c1CCCC2. The number of rotatable bonds is 2. The Bertz CT molecular complexity index is 917. The fourth-order valence-corrected chi connectivity index (χ4v) is 4.26. The summed E-state index contributed by atoms with van der Waals surface area (Å²) in [5, 5.41) is 10.1. The van der Waals surface area contributed by atoms with E-state index in [0.29, 0.717) is 16.3 Å². The molecule has 0 radical (unpaired) electrons. The number of aryl methyl sites for hydroxylation is 1. The average Bonchev–Trinajstić information content (AvgIpc) is 3.16. The lowest BCUT2D eigenvalue weighted by Crippen LogP contribution is -2.06. The van der Waals surface area contributed by atoms with Gasteiger partial charge in [-0.1, -0.05) is 30.3 Å². The maximum absolute atomic E-state index is 12.1. The second-order valence-electron chi connectivity index (χ2n) is 5.76. The second-order valence-corrected chi connectivity index (χ2v) is 6.85. The molecule has 1 aliphatic carbocycles. The van der Waals surface area contributed by atoms with Gasteiger partial charge in [-0.25, -0.2) is 9.79 Å². The molecule has 1 aromatic heterocycles. The second kappa shape index (κ2) is 6.06. The molecule has 1 aliphatic heterocycles. The van der Waals surface area contributed by atoms with Gasteiger partial charge in [0.05, 0.1) is 5.56 Å². The summed E-state index contributed by atoms with van der Waals surface area (Å²) in [6.45, 7) is 0. The number of nitriles is 1. The van der Waals surface area contributed by atoms with Crippen molar-refractivity contribution in [3.63, 3.8) is 0 Å². The van der Waals surface area contributed by atoms with Crippen molar-refractivity contribution in [2.24, 2.45) is 4.99 Å². The van der Waals surface area contributed by atoms with E-state index in [1.807, 2.05) is 30.3 Å². The first-order valence-corrected chi connectivity index (χ1v) is 8.70. The van der Waals surface area contributed by atoms with E-state index in [1.165, 1.54) is 16.2 Å². The highest BCUT2D eigenvalue weighted by Crippen LogP contribution is 2.40. The lowest BCUT2D eigenvalue weighted by Gasteiger charge is -2.09. The molecule has 2 aromatic rings. The van der Waals surface area contributed by atoms with Crippen molar-refractivity contribution in [1.82, 2.24) is 0 Å². The van der Waals surface area contributed by atoms with E-state index in [-0.39, 0.29) is 5.71 Å². The van der Waals surface area contributed by atoms with Crippen LogP contribution in [-0.4, -0.2) is 11.7 Å². The summed E-state index contributed by atoms with van der Waals surface area (Å²) in [4.78, 5) is 17.8. The van der Waals surface area contributed by atoms with Crippen molar-refractivity contribution < 1.29 is 9.53 Å². The van der Waals surface area contributed by atoms with Crippen LogP contribution in [0.4, 0.5) is 5.00 Å². The standard InChI is InChI=1S/C19H14N2O2S/c20-11-14-13-8-4-5-9-17(13)24-18(14)21-15-10-16(23-19(15)22)12-6-2-1-3-7-12/h1-3,6-7,10H,4-5,8-9H2. The summed E-state index contributed by atoms with van der Waals surface area (Å²) in [7, 11) is 0. The van der Waals surface area contributed by atoms with Crippen LogP contribution in [0, 0.1) is 11.3 Å². The summed E-state index contributed by atoms with van der Waals surface area (Å²) in [6.07, 6.45) is 5.82. The minimum Gasteiger partial charge on any atom is -0.421 e. The van der Waals surface area contributed by atoms with Gasteiger partial charge in [0, 0.05) is 16.5 Å². The number of ether oxygens (including phenoxy) is 1. The minimum atomic E-state index is -0.468. The largest absolute Gasteiger partial charge is 0.421 e. The quantitative estimate of drug-likeness (QED) is 0.774. The van der Waals surface area contributed by atoms with Gasteiger partial charge in [0.1, 0.15) is 16.8 Å². The Morgan fingerprint density at radius 2 is 1.96 bits per heavy atom. The predicted octanol–water partition coefficient (Wildman–Crippen LogP) is 4.17. The Balaban J connectivity index is 1.74. The highest BCUT2D eigenvalue weighted by atomic mass is 32.1. The molecule has 5 heteroatoms. The van der Waals surface area contributed by atoms with Gasteiger partial charge in [-0.3, -0.25) is 0 Å². The molecule has 0 fully saturated rings. The molecule has 0 bridgehead atoms. The van der Waals surface area contributed by atoms with E-state index in [1.54, 1.807) is 6.08 Å².